The first-order valence-electron chi connectivity index (χ1n) is 44.6. The lowest BCUT2D eigenvalue weighted by Gasteiger charge is -2.39. The average molecular weight is 1880 g/mol. The molecule has 758 valence electrons. The second-order valence-corrected chi connectivity index (χ2v) is 30.8. The van der Waals surface area contributed by atoms with Crippen LogP contribution < -0.4 is 65.1 Å². The SMILES string of the molecule is CC(C)C(COCCC(=O)NCCCNC(=O)CC/C(N)=C/NCCOCCOCCOCCO[C@H]1OC(CO)[C@@H](O)C(O)C1O)(COCCC(=O)NCCCNC(=O)CC/C(N)=C/NCCOCCOCCOCCO[C@H]1OC(CO)[C@@H](O)C(O)C1O)COCCC(=O)NCCCNC(=O)CC/C(N)=C/NCCOCCOCCOCCO[C@H]1OC(CO)[C@@H](O)C(O)C1O. The summed E-state index contributed by atoms with van der Waals surface area (Å²) in [4.78, 5) is 76.4. The Balaban J connectivity index is 1.28. The number of aliphatic hydroxyl groups excluding tert-OH is 12. The summed E-state index contributed by atoms with van der Waals surface area (Å²) in [5, 5.41) is 143. The molecule has 48 nitrogen and oxygen atoms in total. The van der Waals surface area contributed by atoms with Gasteiger partial charge in [0, 0.05) is 139 Å². The molecule has 0 aromatic heterocycles. The molecule has 0 spiro atoms. The third kappa shape index (κ3) is 54.9. The van der Waals surface area contributed by atoms with E-state index in [1.165, 1.54) is 0 Å². The molecule has 130 heavy (non-hydrogen) atoms. The van der Waals surface area contributed by atoms with E-state index in [1.54, 1.807) is 18.6 Å². The van der Waals surface area contributed by atoms with Crippen molar-refractivity contribution in [1.29, 1.82) is 0 Å². The number of nitrogens with one attached hydrogen (secondary N) is 9. The first kappa shape index (κ1) is 118. The number of carbonyl (C=O) groups is 6. The molecule has 0 saturated carbocycles. The molecule has 3 rings (SSSR count). The number of aliphatic hydroxyl groups is 12. The lowest BCUT2D eigenvalue weighted by molar-refractivity contribution is -0.302. The van der Waals surface area contributed by atoms with Gasteiger partial charge in [-0.05, 0) is 44.4 Å². The minimum atomic E-state index is -1.53. The number of allylic oxidation sites excluding steroid dienone is 3. The number of amides is 6. The van der Waals surface area contributed by atoms with Gasteiger partial charge in [0.05, 0.1) is 198 Å². The Morgan fingerprint density at radius 2 is 0.500 bits per heavy atom. The molecule has 0 bridgehead atoms. The van der Waals surface area contributed by atoms with E-state index >= 15 is 0 Å². The van der Waals surface area contributed by atoms with Crippen LogP contribution >= 0.6 is 0 Å². The molecular formula is C82H154N12O36. The predicted octanol–water partition coefficient (Wildman–Crippen LogP) is -9.17. The fourth-order valence-electron chi connectivity index (χ4n) is 12.0. The van der Waals surface area contributed by atoms with Gasteiger partial charge in [0.2, 0.25) is 35.4 Å². The Morgan fingerprint density at radius 3 is 0.723 bits per heavy atom. The van der Waals surface area contributed by atoms with Crippen LogP contribution in [-0.4, -0.2) is 446 Å². The van der Waals surface area contributed by atoms with E-state index in [9.17, 15) is 90.0 Å². The highest BCUT2D eigenvalue weighted by Gasteiger charge is 2.47. The van der Waals surface area contributed by atoms with Crippen molar-refractivity contribution in [2.75, 3.05) is 257 Å². The zero-order valence-corrected chi connectivity index (χ0v) is 75.4. The van der Waals surface area contributed by atoms with Gasteiger partial charge in [0.25, 0.3) is 0 Å². The second-order valence-electron chi connectivity index (χ2n) is 30.8. The summed E-state index contributed by atoms with van der Waals surface area (Å²) in [5.41, 5.74) is 18.9. The van der Waals surface area contributed by atoms with E-state index in [-0.39, 0.29) is 179 Å². The van der Waals surface area contributed by atoms with Crippen LogP contribution in [0.4, 0.5) is 0 Å². The molecule has 0 radical (unpaired) electrons. The van der Waals surface area contributed by atoms with Crippen LogP contribution in [0.25, 0.3) is 0 Å². The lowest BCUT2D eigenvalue weighted by Crippen LogP contribution is -2.59. The minimum Gasteiger partial charge on any atom is -0.401 e. The van der Waals surface area contributed by atoms with Gasteiger partial charge in [-0.25, -0.2) is 0 Å². The van der Waals surface area contributed by atoms with E-state index in [0.717, 1.165) is 0 Å². The van der Waals surface area contributed by atoms with Crippen LogP contribution in [0.3, 0.4) is 0 Å². The van der Waals surface area contributed by atoms with Gasteiger partial charge in [0.1, 0.15) is 73.2 Å². The first-order valence-corrected chi connectivity index (χ1v) is 44.6. The fraction of sp³-hybridized carbons (Fsp3) is 0.854. The molecule has 6 amide bonds. The first-order chi connectivity index (χ1) is 62.8. The number of rotatable bonds is 82. The summed E-state index contributed by atoms with van der Waals surface area (Å²) >= 11 is 0. The summed E-state index contributed by atoms with van der Waals surface area (Å²) in [6, 6.07) is 0. The van der Waals surface area contributed by atoms with Crippen molar-refractivity contribution in [3.63, 3.8) is 0 Å². The summed E-state index contributed by atoms with van der Waals surface area (Å²) in [5.74, 6) is -1.51. The van der Waals surface area contributed by atoms with Crippen LogP contribution in [0.2, 0.25) is 0 Å². The van der Waals surface area contributed by atoms with E-state index < -0.39 is 117 Å². The van der Waals surface area contributed by atoms with Gasteiger partial charge in [-0.1, -0.05) is 13.8 Å². The molecule has 3 heterocycles. The van der Waals surface area contributed by atoms with E-state index in [4.69, 9.17) is 102 Å². The molecule has 0 aromatic rings. The summed E-state index contributed by atoms with van der Waals surface area (Å²) in [6.45, 7) is 11.3. The number of ether oxygens (including phenoxy) is 18. The highest BCUT2D eigenvalue weighted by molar-refractivity contribution is 5.78. The van der Waals surface area contributed by atoms with Crippen LogP contribution in [-0.2, 0) is 114 Å². The number of hydrogen-bond donors (Lipinski definition) is 24. The van der Waals surface area contributed by atoms with Crippen molar-refractivity contribution < 1.29 is 175 Å². The average Bonchev–Trinajstić information content (AvgIpc) is 0.816. The Bertz CT molecular complexity index is 2730. The third-order valence-corrected chi connectivity index (χ3v) is 20.1. The number of carbonyl (C=O) groups excluding carboxylic acids is 6. The van der Waals surface area contributed by atoms with Gasteiger partial charge in [-0.3, -0.25) is 28.8 Å². The molecule has 3 saturated heterocycles. The Morgan fingerprint density at radius 1 is 0.285 bits per heavy atom. The Labute approximate surface area is 760 Å². The van der Waals surface area contributed by atoms with Gasteiger partial charge in [0.15, 0.2) is 18.9 Å². The zero-order valence-electron chi connectivity index (χ0n) is 75.4. The molecule has 0 aromatic carbocycles. The highest BCUT2D eigenvalue weighted by Crippen LogP contribution is 2.31. The number of nitrogens with two attached hydrogens (primary N) is 3. The molecule has 3 aliphatic rings. The van der Waals surface area contributed by atoms with Crippen molar-refractivity contribution in [3.05, 3.63) is 35.7 Å². The predicted molar refractivity (Wildman–Crippen MR) is 461 cm³/mol. The van der Waals surface area contributed by atoms with Crippen LogP contribution in [0.1, 0.15) is 90.9 Å². The molecule has 27 N–H and O–H groups in total. The minimum absolute atomic E-state index is 0.0271. The van der Waals surface area contributed by atoms with Crippen molar-refractivity contribution in [3.8, 4) is 0 Å². The molecule has 3 fully saturated rings. The normalized spacial score (nSPS) is 23.1. The Hall–Kier alpha value is -6.36. The van der Waals surface area contributed by atoms with Crippen LogP contribution in [0.15, 0.2) is 35.7 Å². The molecule has 3 aliphatic heterocycles. The lowest BCUT2D eigenvalue weighted by atomic mass is 9.79. The van der Waals surface area contributed by atoms with E-state index in [2.05, 4.69) is 47.9 Å². The third-order valence-electron chi connectivity index (χ3n) is 20.1. The van der Waals surface area contributed by atoms with E-state index in [0.29, 0.717) is 194 Å². The van der Waals surface area contributed by atoms with Gasteiger partial charge < -0.3 is 212 Å². The van der Waals surface area contributed by atoms with E-state index in [1.807, 2.05) is 13.8 Å². The molecule has 15 atom stereocenters. The maximum Gasteiger partial charge on any atom is 0.222 e. The van der Waals surface area contributed by atoms with Gasteiger partial charge in [-0.15, -0.1) is 0 Å². The van der Waals surface area contributed by atoms with Crippen LogP contribution in [0, 0.1) is 11.3 Å². The van der Waals surface area contributed by atoms with Gasteiger partial charge >= 0.3 is 0 Å². The maximum atomic E-state index is 12.9. The maximum absolute atomic E-state index is 12.9. The largest absolute Gasteiger partial charge is 0.401 e. The molecule has 0 aliphatic carbocycles. The van der Waals surface area contributed by atoms with Gasteiger partial charge in [-0.2, -0.15) is 0 Å². The van der Waals surface area contributed by atoms with Crippen molar-refractivity contribution in [1.82, 2.24) is 47.9 Å². The summed E-state index contributed by atoms with van der Waals surface area (Å²) in [7, 11) is 0. The molecular weight excluding hydrogens is 1730 g/mol. The molecule has 48 heteroatoms. The number of hydrogen-bond acceptors (Lipinski definition) is 42. The summed E-state index contributed by atoms with van der Waals surface area (Å²) < 4.78 is 99.7. The standard InChI is InChI=1S/C82H154N12O36/c1-57(2)82(54-122-24-12-67(101)92-18-3-15-89-64(98)9-6-58(83)48-86-21-27-113-30-33-116-36-39-119-42-45-125-79-76(110)73(107)70(104)61(51-95)128-79,55-123-25-13-68(102)93-19-4-16-90-65(99)10-7-59(84)49-87-22-28-114-31-34-117-37-40-120-43-46-126-80-77(111)74(108)71(105)62(52-96)129-80)56-124-26-14-69(103)94-20-5-17-91-66(100)11-8-60(85)50-88-23-29-115-32-35-118-38-41-121-44-47-127-81-78(112)75(109)72(106)63(53-97)130-81/h48-50,57,61-63,70-81,86-88,95-97,104-112H,3-47,51-56,83-85H2,1-2H3,(H,89,98)(H,90,99)(H,91,100)(H,92,101)(H,93,102)(H,94,103)/b58-48-,59-49-,60-50-/t61?,62?,63?,70-,71-,72-,73?,74?,75?,76?,77?,78?,79+,80+,81+,82?/m1/s1. The Kier molecular flexibility index (Phi) is 67.9. The smallest absolute Gasteiger partial charge is 0.222 e. The van der Waals surface area contributed by atoms with Crippen LogP contribution in [0.5, 0.6) is 0 Å². The molecule has 9 unspecified atom stereocenters. The summed E-state index contributed by atoms with van der Waals surface area (Å²) in [6.07, 6.45) is -12.6. The highest BCUT2D eigenvalue weighted by atomic mass is 16.7. The van der Waals surface area contributed by atoms with Crippen molar-refractivity contribution in [2.24, 2.45) is 28.5 Å². The second kappa shape index (κ2) is 74.9. The quantitative estimate of drug-likeness (QED) is 0.0251. The topological polar surface area (TPSA) is 698 Å². The van der Waals surface area contributed by atoms with Crippen molar-refractivity contribution >= 4 is 35.4 Å². The monoisotopic (exact) mass is 1880 g/mol. The van der Waals surface area contributed by atoms with Crippen molar-refractivity contribution in [2.45, 2.75) is 183 Å². The fourth-order valence-corrected chi connectivity index (χ4v) is 12.0. The zero-order chi connectivity index (χ0) is 95.2.